The number of alkyl halides is 1. The van der Waals surface area contributed by atoms with Gasteiger partial charge in [0.15, 0.2) is 0 Å². The molecule has 0 saturated carbocycles. The molecule has 1 aliphatic heterocycles. The first kappa shape index (κ1) is 16.9. The summed E-state index contributed by atoms with van der Waals surface area (Å²) in [7, 11) is 1.98. The number of carbonyl (C=O) groups excluding carboxylic acids is 1. The maximum atomic E-state index is 12.2. The minimum absolute atomic E-state index is 0.122. The van der Waals surface area contributed by atoms with Crippen molar-refractivity contribution in [1.82, 2.24) is 24.4 Å². The van der Waals surface area contributed by atoms with Crippen molar-refractivity contribution in [1.29, 1.82) is 0 Å². The molecule has 6 nitrogen and oxygen atoms in total. The lowest BCUT2D eigenvalue weighted by Gasteiger charge is -2.33. The third-order valence-corrected chi connectivity index (χ3v) is 4.85. The van der Waals surface area contributed by atoms with Gasteiger partial charge < -0.3 is 9.47 Å². The van der Waals surface area contributed by atoms with Gasteiger partial charge in [-0.2, -0.15) is 0 Å². The molecular formula is C17H22ClN5O. The number of hydrogen-bond acceptors (Lipinski definition) is 4. The van der Waals surface area contributed by atoms with Crippen LogP contribution in [0.5, 0.6) is 0 Å². The van der Waals surface area contributed by atoms with Gasteiger partial charge in [0.05, 0.1) is 17.6 Å². The molecule has 0 radical (unpaired) electrons. The molecule has 0 N–H and O–H groups in total. The summed E-state index contributed by atoms with van der Waals surface area (Å²) in [6.07, 6.45) is 7.64. The van der Waals surface area contributed by atoms with Crippen LogP contribution in [-0.4, -0.2) is 49.3 Å². The van der Waals surface area contributed by atoms with Crippen LogP contribution >= 0.6 is 11.6 Å². The maximum Gasteiger partial charge on any atom is 0.223 e. The number of hydrogen-bond donors (Lipinski definition) is 0. The van der Waals surface area contributed by atoms with Crippen molar-refractivity contribution in [3.05, 3.63) is 30.1 Å². The zero-order chi connectivity index (χ0) is 17.1. The third kappa shape index (κ3) is 3.29. The van der Waals surface area contributed by atoms with E-state index in [-0.39, 0.29) is 11.8 Å². The van der Waals surface area contributed by atoms with Crippen LogP contribution in [0.1, 0.15) is 36.7 Å². The average Bonchev–Trinajstić information content (AvgIpc) is 2.94. The molecule has 2 aromatic rings. The van der Waals surface area contributed by atoms with E-state index >= 15 is 0 Å². The molecular weight excluding hydrogens is 326 g/mol. The lowest BCUT2D eigenvalue weighted by Crippen LogP contribution is -2.39. The van der Waals surface area contributed by atoms with Crippen LogP contribution in [0.25, 0.3) is 11.4 Å². The highest BCUT2D eigenvalue weighted by atomic mass is 35.5. The monoisotopic (exact) mass is 347 g/mol. The number of halogens is 1. The first-order chi connectivity index (χ1) is 11.6. The van der Waals surface area contributed by atoms with Crippen LogP contribution in [0, 0.1) is 6.92 Å². The second-order valence-electron chi connectivity index (χ2n) is 6.16. The molecule has 0 aromatic carbocycles. The van der Waals surface area contributed by atoms with Gasteiger partial charge in [0.25, 0.3) is 0 Å². The summed E-state index contributed by atoms with van der Waals surface area (Å²) in [4.78, 5) is 27.6. The predicted octanol–water partition coefficient (Wildman–Crippen LogP) is 2.52. The molecule has 3 rings (SSSR count). The molecule has 3 heterocycles. The highest BCUT2D eigenvalue weighted by Crippen LogP contribution is 2.32. The summed E-state index contributed by atoms with van der Waals surface area (Å²) in [5.74, 6) is 1.61. The van der Waals surface area contributed by atoms with Gasteiger partial charge in [0, 0.05) is 50.7 Å². The molecule has 2 aromatic heterocycles. The quantitative estimate of drug-likeness (QED) is 0.797. The average molecular weight is 348 g/mol. The Morgan fingerprint density at radius 2 is 2.12 bits per heavy atom. The molecule has 1 amide bonds. The van der Waals surface area contributed by atoms with Crippen molar-refractivity contribution in [2.45, 2.75) is 32.1 Å². The molecule has 1 aliphatic rings. The Labute approximate surface area is 146 Å². The molecule has 0 spiro atoms. The fourth-order valence-corrected chi connectivity index (χ4v) is 3.39. The summed E-state index contributed by atoms with van der Waals surface area (Å²) in [6.45, 7) is 3.44. The predicted molar refractivity (Wildman–Crippen MR) is 92.9 cm³/mol. The van der Waals surface area contributed by atoms with Crippen molar-refractivity contribution in [3.8, 4) is 11.4 Å². The minimum atomic E-state index is 0.122. The molecule has 1 atom stereocenters. The topological polar surface area (TPSA) is 63.9 Å². The fourth-order valence-electron chi connectivity index (χ4n) is 3.23. The van der Waals surface area contributed by atoms with Crippen LogP contribution in [0.15, 0.2) is 18.6 Å². The van der Waals surface area contributed by atoms with Crippen molar-refractivity contribution >= 4 is 17.5 Å². The zero-order valence-corrected chi connectivity index (χ0v) is 14.8. The van der Waals surface area contributed by atoms with E-state index < -0.39 is 0 Å². The molecule has 0 bridgehead atoms. The molecule has 1 saturated heterocycles. The Morgan fingerprint density at radius 3 is 2.83 bits per heavy atom. The molecule has 7 heteroatoms. The van der Waals surface area contributed by atoms with Gasteiger partial charge in [-0.3, -0.25) is 14.8 Å². The van der Waals surface area contributed by atoms with E-state index in [4.69, 9.17) is 11.6 Å². The smallest absolute Gasteiger partial charge is 0.223 e. The van der Waals surface area contributed by atoms with E-state index in [0.717, 1.165) is 42.3 Å². The number of amides is 1. The normalized spacial score (nSPS) is 18.0. The van der Waals surface area contributed by atoms with Gasteiger partial charge in [0.1, 0.15) is 11.5 Å². The Balaban J connectivity index is 1.90. The van der Waals surface area contributed by atoms with Crippen LogP contribution in [0.4, 0.5) is 0 Å². The highest BCUT2D eigenvalue weighted by molar-refractivity contribution is 6.18. The van der Waals surface area contributed by atoms with Crippen molar-refractivity contribution < 1.29 is 4.79 Å². The first-order valence-corrected chi connectivity index (χ1v) is 8.78. The Bertz CT molecular complexity index is 730. The molecule has 24 heavy (non-hydrogen) atoms. The van der Waals surface area contributed by atoms with Crippen LogP contribution in [0.2, 0.25) is 0 Å². The van der Waals surface area contributed by atoms with Gasteiger partial charge in [-0.25, -0.2) is 4.98 Å². The van der Waals surface area contributed by atoms with Crippen LogP contribution in [0.3, 0.4) is 0 Å². The lowest BCUT2D eigenvalue weighted by atomic mass is 9.92. The lowest BCUT2D eigenvalue weighted by molar-refractivity contribution is -0.131. The largest absolute Gasteiger partial charge is 0.342 e. The van der Waals surface area contributed by atoms with Crippen molar-refractivity contribution in [3.63, 3.8) is 0 Å². The maximum absolute atomic E-state index is 12.2. The molecule has 0 aliphatic carbocycles. The standard InChI is InChI=1S/C17H22ClN5O/c1-12-21-10-14(22(12)2)17-16(19-7-8-20-17)13-4-3-9-23(11-13)15(24)5-6-18/h7-8,10,13H,3-6,9,11H2,1-2H3. The second-order valence-corrected chi connectivity index (χ2v) is 6.54. The van der Waals surface area contributed by atoms with E-state index in [0.29, 0.717) is 18.8 Å². The number of imidazole rings is 1. The zero-order valence-electron chi connectivity index (χ0n) is 14.1. The summed E-state index contributed by atoms with van der Waals surface area (Å²) < 4.78 is 2.02. The number of rotatable bonds is 4. The van der Waals surface area contributed by atoms with Crippen LogP contribution < -0.4 is 0 Å². The number of aromatic nitrogens is 4. The van der Waals surface area contributed by atoms with E-state index in [1.54, 1.807) is 12.4 Å². The summed E-state index contributed by atoms with van der Waals surface area (Å²) in [6, 6.07) is 0. The summed E-state index contributed by atoms with van der Waals surface area (Å²) in [5.41, 5.74) is 2.76. The van der Waals surface area contributed by atoms with Gasteiger partial charge >= 0.3 is 0 Å². The first-order valence-electron chi connectivity index (χ1n) is 8.25. The number of piperidine rings is 1. The van der Waals surface area contributed by atoms with Crippen molar-refractivity contribution in [2.75, 3.05) is 19.0 Å². The SMILES string of the molecule is Cc1ncc(-c2nccnc2C2CCCN(C(=O)CCCl)C2)n1C. The van der Waals surface area contributed by atoms with E-state index in [1.165, 1.54) is 0 Å². The van der Waals surface area contributed by atoms with Gasteiger partial charge in [0.2, 0.25) is 5.91 Å². The minimum Gasteiger partial charge on any atom is -0.342 e. The molecule has 1 fully saturated rings. The van der Waals surface area contributed by atoms with Gasteiger partial charge in [-0.05, 0) is 19.8 Å². The Morgan fingerprint density at radius 1 is 1.33 bits per heavy atom. The van der Waals surface area contributed by atoms with Gasteiger partial charge in [-0.15, -0.1) is 11.6 Å². The second kappa shape index (κ2) is 7.30. The molecule has 1 unspecified atom stereocenters. The number of nitrogens with zero attached hydrogens (tertiary/aromatic N) is 5. The number of carbonyl (C=O) groups is 1. The van der Waals surface area contributed by atoms with Gasteiger partial charge in [-0.1, -0.05) is 0 Å². The number of aryl methyl sites for hydroxylation is 1. The highest BCUT2D eigenvalue weighted by Gasteiger charge is 2.28. The number of likely N-dealkylation sites (tertiary alicyclic amines) is 1. The summed E-state index contributed by atoms with van der Waals surface area (Å²) in [5, 5.41) is 0. The van der Waals surface area contributed by atoms with E-state index in [1.807, 2.05) is 29.6 Å². The summed E-state index contributed by atoms with van der Waals surface area (Å²) >= 11 is 5.71. The third-order valence-electron chi connectivity index (χ3n) is 4.66. The van der Waals surface area contributed by atoms with E-state index in [2.05, 4.69) is 15.0 Å². The van der Waals surface area contributed by atoms with Crippen LogP contribution in [-0.2, 0) is 11.8 Å². The van der Waals surface area contributed by atoms with E-state index in [9.17, 15) is 4.79 Å². The Hall–Kier alpha value is -1.95. The molecule has 128 valence electrons. The Kier molecular flexibility index (Phi) is 5.14. The van der Waals surface area contributed by atoms with Crippen molar-refractivity contribution in [2.24, 2.45) is 7.05 Å². The fraction of sp³-hybridized carbons (Fsp3) is 0.529.